The summed E-state index contributed by atoms with van der Waals surface area (Å²) < 4.78 is 1.51. The minimum Gasteiger partial charge on any atom is -0.368 e. The number of aryl methyl sites for hydroxylation is 1. The maximum absolute atomic E-state index is 10.6. The molecule has 0 saturated carbocycles. The number of aromatic nitrogens is 4. The van der Waals surface area contributed by atoms with Gasteiger partial charge in [-0.05, 0) is 6.92 Å². The second kappa shape index (κ2) is 3.52. The van der Waals surface area contributed by atoms with E-state index in [4.69, 9.17) is 5.73 Å². The lowest BCUT2D eigenvalue weighted by molar-refractivity contribution is -0.116. The molecule has 3 N–H and O–H groups in total. The van der Waals surface area contributed by atoms with Crippen LogP contribution in [0, 0.1) is 6.92 Å². The van der Waals surface area contributed by atoms with Crippen LogP contribution in [0.4, 0.5) is 5.82 Å². The number of nitrogens with one attached hydrogen (secondary N) is 1. The van der Waals surface area contributed by atoms with Crippen molar-refractivity contribution in [3.05, 3.63) is 18.1 Å². The average molecular weight is 206 g/mol. The van der Waals surface area contributed by atoms with Crippen LogP contribution in [-0.2, 0) is 4.79 Å². The fraction of sp³-hybridized carbons (Fsp3) is 0.250. The van der Waals surface area contributed by atoms with Gasteiger partial charge >= 0.3 is 0 Å². The van der Waals surface area contributed by atoms with Crippen LogP contribution in [0.15, 0.2) is 12.4 Å². The molecule has 0 fully saturated rings. The number of hydrogen-bond acceptors (Lipinski definition) is 5. The molecule has 0 aliphatic rings. The van der Waals surface area contributed by atoms with Gasteiger partial charge in [0.25, 0.3) is 5.78 Å². The molecule has 2 rings (SSSR count). The van der Waals surface area contributed by atoms with Gasteiger partial charge in [0.15, 0.2) is 0 Å². The Labute approximate surface area is 85.3 Å². The smallest absolute Gasteiger partial charge is 0.254 e. The first-order valence-electron chi connectivity index (χ1n) is 4.36. The van der Waals surface area contributed by atoms with Gasteiger partial charge < -0.3 is 11.1 Å². The van der Waals surface area contributed by atoms with Crippen molar-refractivity contribution in [3.8, 4) is 0 Å². The van der Waals surface area contributed by atoms with Gasteiger partial charge in [0.1, 0.15) is 12.1 Å². The predicted molar refractivity (Wildman–Crippen MR) is 53.2 cm³/mol. The number of nitrogens with zero attached hydrogens (tertiary/aromatic N) is 4. The van der Waals surface area contributed by atoms with E-state index in [9.17, 15) is 4.79 Å². The highest BCUT2D eigenvalue weighted by Gasteiger charge is 2.05. The third kappa shape index (κ3) is 1.85. The molecular formula is C8H10N6O. The number of fused-ring (bicyclic) bond motifs is 1. The van der Waals surface area contributed by atoms with E-state index in [2.05, 4.69) is 20.4 Å². The third-order valence-electron chi connectivity index (χ3n) is 1.82. The molecular weight excluding hydrogens is 196 g/mol. The average Bonchev–Trinajstić information content (AvgIpc) is 2.61. The lowest BCUT2D eigenvalue weighted by atomic mass is 10.4. The van der Waals surface area contributed by atoms with Crippen LogP contribution in [0.1, 0.15) is 5.69 Å². The van der Waals surface area contributed by atoms with Crippen LogP contribution < -0.4 is 11.1 Å². The summed E-state index contributed by atoms with van der Waals surface area (Å²) in [7, 11) is 0. The number of hydrogen-bond donors (Lipinski definition) is 2. The Balaban J connectivity index is 2.39. The normalized spacial score (nSPS) is 10.5. The van der Waals surface area contributed by atoms with Gasteiger partial charge in [-0.1, -0.05) is 0 Å². The molecule has 7 nitrogen and oxygen atoms in total. The van der Waals surface area contributed by atoms with Gasteiger partial charge in [-0.15, -0.1) is 0 Å². The van der Waals surface area contributed by atoms with Gasteiger partial charge in [-0.3, -0.25) is 4.79 Å². The largest absolute Gasteiger partial charge is 0.368 e. The Morgan fingerprint density at radius 2 is 2.47 bits per heavy atom. The molecule has 0 aromatic carbocycles. The number of carbonyl (C=O) groups excluding carboxylic acids is 1. The highest BCUT2D eigenvalue weighted by atomic mass is 16.1. The van der Waals surface area contributed by atoms with Crippen LogP contribution >= 0.6 is 0 Å². The summed E-state index contributed by atoms with van der Waals surface area (Å²) >= 11 is 0. The number of anilines is 1. The van der Waals surface area contributed by atoms with Gasteiger partial charge in [-0.2, -0.15) is 14.6 Å². The van der Waals surface area contributed by atoms with Crippen LogP contribution in [0.25, 0.3) is 5.78 Å². The summed E-state index contributed by atoms with van der Waals surface area (Å²) in [5.41, 5.74) is 5.83. The van der Waals surface area contributed by atoms with E-state index in [0.717, 1.165) is 5.69 Å². The quantitative estimate of drug-likeness (QED) is 0.694. The van der Waals surface area contributed by atoms with Gasteiger partial charge in [0.2, 0.25) is 5.91 Å². The number of rotatable bonds is 3. The molecule has 0 radical (unpaired) electrons. The molecule has 0 aliphatic carbocycles. The monoisotopic (exact) mass is 206 g/mol. The number of nitrogens with two attached hydrogens (primary N) is 1. The van der Waals surface area contributed by atoms with Crippen molar-refractivity contribution in [1.82, 2.24) is 19.6 Å². The molecule has 15 heavy (non-hydrogen) atoms. The maximum atomic E-state index is 10.6. The summed E-state index contributed by atoms with van der Waals surface area (Å²) in [5.74, 6) is 0.702. The fourth-order valence-electron chi connectivity index (χ4n) is 1.23. The summed E-state index contributed by atoms with van der Waals surface area (Å²) in [5, 5.41) is 6.83. The van der Waals surface area contributed by atoms with Crippen molar-refractivity contribution in [2.45, 2.75) is 6.92 Å². The molecule has 0 bridgehead atoms. The molecule has 2 heterocycles. The standard InChI is InChI=1S/C8H10N6O/c1-5-2-7(10-3-6(9)15)14-8(13-5)11-4-12-14/h2,4,10H,3H2,1H3,(H2,9,15). The summed E-state index contributed by atoms with van der Waals surface area (Å²) in [6, 6.07) is 1.77. The van der Waals surface area contributed by atoms with E-state index in [1.54, 1.807) is 6.07 Å². The zero-order valence-corrected chi connectivity index (χ0v) is 8.14. The molecule has 0 spiro atoms. The lowest BCUT2D eigenvalue weighted by Gasteiger charge is -2.06. The molecule has 0 atom stereocenters. The summed E-state index contributed by atoms with van der Waals surface area (Å²) in [6.07, 6.45) is 1.40. The zero-order chi connectivity index (χ0) is 10.8. The molecule has 0 unspecified atom stereocenters. The number of primary amides is 1. The Hall–Kier alpha value is -2.18. The molecule has 0 saturated heterocycles. The van der Waals surface area contributed by atoms with Crippen LogP contribution in [0.5, 0.6) is 0 Å². The third-order valence-corrected chi connectivity index (χ3v) is 1.82. The first kappa shape index (κ1) is 9.38. The first-order valence-corrected chi connectivity index (χ1v) is 4.36. The summed E-state index contributed by atoms with van der Waals surface area (Å²) in [4.78, 5) is 18.7. The molecule has 1 amide bonds. The number of carbonyl (C=O) groups is 1. The molecule has 2 aromatic heterocycles. The van der Waals surface area contributed by atoms with Crippen molar-refractivity contribution < 1.29 is 4.79 Å². The van der Waals surface area contributed by atoms with Crippen molar-refractivity contribution in [3.63, 3.8) is 0 Å². The lowest BCUT2D eigenvalue weighted by Crippen LogP contribution is -2.23. The van der Waals surface area contributed by atoms with Crippen LogP contribution in [0.2, 0.25) is 0 Å². The van der Waals surface area contributed by atoms with Gasteiger partial charge in [-0.25, -0.2) is 4.98 Å². The van der Waals surface area contributed by atoms with Crippen LogP contribution in [-0.4, -0.2) is 32.0 Å². The highest BCUT2D eigenvalue weighted by molar-refractivity contribution is 5.78. The van der Waals surface area contributed by atoms with Gasteiger partial charge in [0.05, 0.1) is 6.54 Å². The van der Waals surface area contributed by atoms with E-state index < -0.39 is 5.91 Å². The topological polar surface area (TPSA) is 98.2 Å². The SMILES string of the molecule is Cc1cc(NCC(N)=O)n2ncnc2n1. The highest BCUT2D eigenvalue weighted by Crippen LogP contribution is 2.09. The van der Waals surface area contributed by atoms with Crippen molar-refractivity contribution in [1.29, 1.82) is 0 Å². The molecule has 2 aromatic rings. The molecule has 0 aliphatic heterocycles. The first-order chi connectivity index (χ1) is 7.16. The maximum Gasteiger partial charge on any atom is 0.254 e. The van der Waals surface area contributed by atoms with Crippen molar-refractivity contribution in [2.24, 2.45) is 5.73 Å². The molecule has 78 valence electrons. The Morgan fingerprint density at radius 3 is 3.20 bits per heavy atom. The van der Waals surface area contributed by atoms with E-state index in [0.29, 0.717) is 11.6 Å². The van der Waals surface area contributed by atoms with E-state index in [-0.39, 0.29) is 6.54 Å². The Kier molecular flexibility index (Phi) is 2.20. The Bertz CT molecular complexity index is 505. The second-order valence-electron chi connectivity index (χ2n) is 3.07. The summed E-state index contributed by atoms with van der Waals surface area (Å²) in [6.45, 7) is 1.89. The van der Waals surface area contributed by atoms with E-state index >= 15 is 0 Å². The van der Waals surface area contributed by atoms with E-state index in [1.165, 1.54) is 10.8 Å². The van der Waals surface area contributed by atoms with Crippen LogP contribution in [0.3, 0.4) is 0 Å². The number of amides is 1. The van der Waals surface area contributed by atoms with Crippen molar-refractivity contribution in [2.75, 3.05) is 11.9 Å². The Morgan fingerprint density at radius 1 is 1.67 bits per heavy atom. The second-order valence-corrected chi connectivity index (χ2v) is 3.07. The minimum absolute atomic E-state index is 0.0540. The fourth-order valence-corrected chi connectivity index (χ4v) is 1.23. The zero-order valence-electron chi connectivity index (χ0n) is 8.14. The molecule has 7 heteroatoms. The minimum atomic E-state index is -0.433. The van der Waals surface area contributed by atoms with Crippen molar-refractivity contribution >= 4 is 17.5 Å². The van der Waals surface area contributed by atoms with E-state index in [1.807, 2.05) is 6.92 Å². The van der Waals surface area contributed by atoms with Gasteiger partial charge in [0, 0.05) is 11.8 Å². The predicted octanol–water partition coefficient (Wildman–Crippen LogP) is -0.670.